The molecule has 0 saturated carbocycles. The van der Waals surface area contributed by atoms with Gasteiger partial charge in [0.1, 0.15) is 11.8 Å². The van der Waals surface area contributed by atoms with Gasteiger partial charge in [-0.05, 0) is 48.9 Å². The molecule has 1 aromatic heterocycles. The van der Waals surface area contributed by atoms with Crippen LogP contribution in [0.25, 0.3) is 10.9 Å². The van der Waals surface area contributed by atoms with Gasteiger partial charge in [-0.2, -0.15) is 5.26 Å². The third-order valence-corrected chi connectivity index (χ3v) is 7.39. The van der Waals surface area contributed by atoms with Crippen molar-refractivity contribution >= 4 is 28.2 Å². The van der Waals surface area contributed by atoms with Crippen LogP contribution < -0.4 is 24.3 Å². The number of hydrogen-bond acceptors (Lipinski definition) is 9. The fourth-order valence-corrected chi connectivity index (χ4v) is 5.03. The summed E-state index contributed by atoms with van der Waals surface area (Å²) in [6, 6.07) is 20.8. The zero-order valence-corrected chi connectivity index (χ0v) is 24.6. The highest BCUT2D eigenvalue weighted by atomic mass is 16.5. The second-order valence-corrected chi connectivity index (χ2v) is 10.1. The Balaban J connectivity index is 1.27. The number of carbonyl (C=O) groups excluding carboxylic acids is 1. The first-order valence-corrected chi connectivity index (χ1v) is 14.2. The fourth-order valence-electron chi connectivity index (χ4n) is 5.03. The molecule has 0 bridgehead atoms. The van der Waals surface area contributed by atoms with Gasteiger partial charge in [0, 0.05) is 63.0 Å². The lowest BCUT2D eigenvalue weighted by Gasteiger charge is -2.34. The van der Waals surface area contributed by atoms with Crippen molar-refractivity contribution < 1.29 is 23.7 Å². The van der Waals surface area contributed by atoms with Gasteiger partial charge in [-0.3, -0.25) is 14.7 Å². The first kappa shape index (κ1) is 29.5. The lowest BCUT2D eigenvalue weighted by Crippen LogP contribution is -2.48. The SMILES string of the molecule is COc1cc2c(Nc3ccc(Oc4ccccc4OC)cc3)c(C#N)cnc2cc1OCCCN1CCN(C(C)=O)CC1. The minimum Gasteiger partial charge on any atom is -0.493 e. The lowest BCUT2D eigenvalue weighted by molar-refractivity contribution is -0.130. The Morgan fingerprint density at radius 1 is 0.953 bits per heavy atom. The highest BCUT2D eigenvalue weighted by Gasteiger charge is 2.19. The first-order valence-electron chi connectivity index (χ1n) is 14.2. The van der Waals surface area contributed by atoms with Crippen molar-refractivity contribution in [3.8, 4) is 34.8 Å². The first-order chi connectivity index (χ1) is 21.0. The van der Waals surface area contributed by atoms with Crippen LogP contribution in [0.15, 0.2) is 66.9 Å². The number of amides is 1. The molecule has 1 N–H and O–H groups in total. The number of nitrogens with zero attached hydrogens (tertiary/aromatic N) is 4. The smallest absolute Gasteiger partial charge is 0.219 e. The summed E-state index contributed by atoms with van der Waals surface area (Å²) in [5.74, 6) is 3.20. The minimum atomic E-state index is 0.132. The predicted octanol–water partition coefficient (Wildman–Crippen LogP) is 5.59. The molecule has 0 atom stereocenters. The Kier molecular flexibility index (Phi) is 9.44. The van der Waals surface area contributed by atoms with Gasteiger partial charge in [0.2, 0.25) is 5.91 Å². The maximum atomic E-state index is 11.6. The third kappa shape index (κ3) is 7.08. The van der Waals surface area contributed by atoms with Gasteiger partial charge in [0.05, 0.1) is 37.6 Å². The van der Waals surface area contributed by atoms with E-state index in [1.54, 1.807) is 27.3 Å². The second-order valence-electron chi connectivity index (χ2n) is 10.1. The van der Waals surface area contributed by atoms with E-state index in [4.69, 9.17) is 18.9 Å². The van der Waals surface area contributed by atoms with Crippen LogP contribution in [0.1, 0.15) is 18.9 Å². The van der Waals surface area contributed by atoms with Crippen LogP contribution in [0.3, 0.4) is 0 Å². The number of ether oxygens (including phenoxy) is 4. The molecule has 10 heteroatoms. The maximum Gasteiger partial charge on any atom is 0.219 e. The summed E-state index contributed by atoms with van der Waals surface area (Å²) in [6.45, 7) is 6.30. The van der Waals surface area contributed by atoms with E-state index >= 15 is 0 Å². The van der Waals surface area contributed by atoms with Crippen molar-refractivity contribution in [1.29, 1.82) is 5.26 Å². The number of nitriles is 1. The van der Waals surface area contributed by atoms with Gasteiger partial charge >= 0.3 is 0 Å². The largest absolute Gasteiger partial charge is 0.493 e. The molecular formula is C33H35N5O5. The van der Waals surface area contributed by atoms with E-state index < -0.39 is 0 Å². The third-order valence-electron chi connectivity index (χ3n) is 7.39. The molecule has 5 rings (SSSR count). The normalized spacial score (nSPS) is 13.3. The molecule has 0 aliphatic carbocycles. The van der Waals surface area contributed by atoms with E-state index in [0.29, 0.717) is 52.1 Å². The number of anilines is 2. The Morgan fingerprint density at radius 3 is 2.35 bits per heavy atom. The predicted molar refractivity (Wildman–Crippen MR) is 165 cm³/mol. The summed E-state index contributed by atoms with van der Waals surface area (Å²) in [5.41, 5.74) is 2.48. The highest BCUT2D eigenvalue weighted by molar-refractivity contribution is 5.97. The molecular weight excluding hydrogens is 546 g/mol. The monoisotopic (exact) mass is 581 g/mol. The van der Waals surface area contributed by atoms with Gasteiger partial charge in [0.25, 0.3) is 0 Å². The van der Waals surface area contributed by atoms with E-state index in [1.807, 2.05) is 65.6 Å². The van der Waals surface area contributed by atoms with E-state index in [-0.39, 0.29) is 5.91 Å². The molecule has 1 amide bonds. The summed E-state index contributed by atoms with van der Waals surface area (Å²) >= 11 is 0. The van der Waals surface area contributed by atoms with E-state index in [9.17, 15) is 10.1 Å². The molecule has 4 aromatic rings. The Labute approximate surface area is 251 Å². The number of benzene rings is 3. The van der Waals surface area contributed by atoms with Crippen LogP contribution in [-0.4, -0.2) is 74.2 Å². The van der Waals surface area contributed by atoms with Crippen molar-refractivity contribution in [3.63, 3.8) is 0 Å². The standard InChI is InChI=1S/C33H35N5O5/c1-23(39)38-16-14-37(15-17-38)13-6-18-42-32-20-28-27(19-31(32)41-3)33(24(21-34)22-35-28)36-25-9-11-26(12-10-25)43-30-8-5-4-7-29(30)40-2/h4-5,7-12,19-20,22H,6,13-18H2,1-3H3,(H,35,36). The van der Waals surface area contributed by atoms with Crippen molar-refractivity contribution in [2.45, 2.75) is 13.3 Å². The summed E-state index contributed by atoms with van der Waals surface area (Å²) < 4.78 is 23.1. The number of aromatic nitrogens is 1. The van der Waals surface area contributed by atoms with Crippen molar-refractivity contribution in [3.05, 3.63) is 72.4 Å². The van der Waals surface area contributed by atoms with Crippen molar-refractivity contribution in [2.75, 3.05) is 58.9 Å². The fraction of sp³-hybridized carbons (Fsp3) is 0.303. The van der Waals surface area contributed by atoms with Crippen molar-refractivity contribution in [2.24, 2.45) is 0 Å². The quantitative estimate of drug-likeness (QED) is 0.227. The molecule has 1 aliphatic heterocycles. The van der Waals surface area contributed by atoms with Crippen LogP contribution in [0, 0.1) is 11.3 Å². The molecule has 222 valence electrons. The summed E-state index contributed by atoms with van der Waals surface area (Å²) in [6.07, 6.45) is 2.40. The number of pyridine rings is 1. The number of piperazine rings is 1. The molecule has 3 aromatic carbocycles. The molecule has 1 saturated heterocycles. The Morgan fingerprint density at radius 2 is 1.67 bits per heavy atom. The van der Waals surface area contributed by atoms with Crippen LogP contribution in [0.4, 0.5) is 11.4 Å². The van der Waals surface area contributed by atoms with Crippen LogP contribution in [0.2, 0.25) is 0 Å². The number of carbonyl (C=O) groups is 1. The molecule has 0 radical (unpaired) electrons. The molecule has 43 heavy (non-hydrogen) atoms. The van der Waals surface area contributed by atoms with E-state index in [1.165, 1.54) is 0 Å². The van der Waals surface area contributed by atoms with Gasteiger partial charge in [-0.15, -0.1) is 0 Å². The number of rotatable bonds is 11. The van der Waals surface area contributed by atoms with Crippen molar-refractivity contribution in [1.82, 2.24) is 14.8 Å². The number of fused-ring (bicyclic) bond motifs is 1. The highest BCUT2D eigenvalue weighted by Crippen LogP contribution is 2.38. The molecule has 2 heterocycles. The summed E-state index contributed by atoms with van der Waals surface area (Å²) in [4.78, 5) is 20.3. The minimum absolute atomic E-state index is 0.132. The number of hydrogen-bond donors (Lipinski definition) is 1. The van der Waals surface area contributed by atoms with Crippen LogP contribution in [0.5, 0.6) is 28.7 Å². The number of methoxy groups -OCH3 is 2. The second kappa shape index (κ2) is 13.8. The van der Waals surface area contributed by atoms with Gasteiger partial charge in [-0.1, -0.05) is 12.1 Å². The average Bonchev–Trinajstić information content (AvgIpc) is 3.04. The van der Waals surface area contributed by atoms with Gasteiger partial charge in [0.15, 0.2) is 23.0 Å². The van der Waals surface area contributed by atoms with Gasteiger partial charge < -0.3 is 29.2 Å². The van der Waals surface area contributed by atoms with E-state index in [0.717, 1.165) is 50.2 Å². The molecule has 10 nitrogen and oxygen atoms in total. The molecule has 0 spiro atoms. The van der Waals surface area contributed by atoms with E-state index in [2.05, 4.69) is 21.3 Å². The molecule has 1 aliphatic rings. The molecule has 0 unspecified atom stereocenters. The Bertz CT molecular complexity index is 1610. The zero-order chi connectivity index (χ0) is 30.2. The average molecular weight is 582 g/mol. The van der Waals surface area contributed by atoms with Crippen LogP contribution in [-0.2, 0) is 4.79 Å². The lowest BCUT2D eigenvalue weighted by atomic mass is 10.1. The summed E-state index contributed by atoms with van der Waals surface area (Å²) in [7, 11) is 3.20. The maximum absolute atomic E-state index is 11.6. The summed E-state index contributed by atoms with van der Waals surface area (Å²) in [5, 5.41) is 14.0. The van der Waals surface area contributed by atoms with Gasteiger partial charge in [-0.25, -0.2) is 0 Å². The van der Waals surface area contributed by atoms with Crippen LogP contribution >= 0.6 is 0 Å². The topological polar surface area (TPSA) is 109 Å². The Hall–Kier alpha value is -5.01. The zero-order valence-electron chi connectivity index (χ0n) is 24.6. The number of nitrogens with one attached hydrogen (secondary N) is 1. The molecule has 1 fully saturated rings. The number of para-hydroxylation sites is 2.